The van der Waals surface area contributed by atoms with Gasteiger partial charge in [0.1, 0.15) is 6.29 Å². The van der Waals surface area contributed by atoms with E-state index in [1.807, 2.05) is 0 Å². The summed E-state index contributed by atoms with van der Waals surface area (Å²) in [6, 6.07) is 11.7. The van der Waals surface area contributed by atoms with Crippen LogP contribution >= 0.6 is 55.1 Å². The van der Waals surface area contributed by atoms with Crippen LogP contribution in [0.1, 0.15) is 57.5 Å². The number of rotatable bonds is 13. The van der Waals surface area contributed by atoms with Gasteiger partial charge in [-0.3, -0.25) is 30.0 Å². The maximum absolute atomic E-state index is 10.3. The third-order valence-electron chi connectivity index (χ3n) is 5.77. The van der Waals surface area contributed by atoms with Crippen LogP contribution in [0.3, 0.4) is 0 Å². The second-order valence-corrected chi connectivity index (χ2v) is 11.0. The Morgan fingerprint density at radius 2 is 1.10 bits per heavy atom. The van der Waals surface area contributed by atoms with E-state index in [0.717, 1.165) is 22.8 Å². The first kappa shape index (κ1) is 63.0. The molecule has 2 aromatic rings. The molecule has 6 N–H and O–H groups in total. The molecule has 0 aliphatic heterocycles. The Morgan fingerprint density at radius 3 is 1.29 bits per heavy atom. The topological polar surface area (TPSA) is 183 Å². The van der Waals surface area contributed by atoms with Gasteiger partial charge in [0.2, 0.25) is 0 Å². The Labute approximate surface area is 341 Å². The van der Waals surface area contributed by atoms with Crippen molar-refractivity contribution in [2.75, 3.05) is 68.4 Å². The normalized spacial score (nSPS) is 9.00. The molecule has 0 fully saturated rings. The highest BCUT2D eigenvalue weighted by molar-refractivity contribution is 9.09. The van der Waals surface area contributed by atoms with E-state index in [1.54, 1.807) is 23.2 Å². The van der Waals surface area contributed by atoms with E-state index >= 15 is 0 Å². The Bertz CT molecular complexity index is 986. The smallest absolute Gasteiger partial charge is 0.269 e. The van der Waals surface area contributed by atoms with E-state index in [2.05, 4.69) is 89.0 Å². The fourth-order valence-corrected chi connectivity index (χ4v) is 3.20. The predicted molar refractivity (Wildman–Crippen MR) is 206 cm³/mol. The maximum Gasteiger partial charge on any atom is 0.269 e. The third kappa shape index (κ3) is 43.0. The van der Waals surface area contributed by atoms with Crippen LogP contribution in [-0.4, -0.2) is 101 Å². The number of halogens is 6. The standard InChI is InChI=1S/C9H9BrN2O2.C7H5NO3.2C6H15N.C2H6BrN.CH2Cl2.2BrH.H2O/c10-5-6-11-7-8-1-3-9(4-2-8)12(13)14;9-5-6-1-3-7(4-2-6)8(10)11;2*1-4-7(5-2)6-3;3-1-2-4;2-1-3;;;/h1-4,7H,5-6H2;1-5H;2*4-6H2,1-3H3;1-2,4H2;1H2;2*1H;1H2. The minimum absolute atomic E-state index is 0. The van der Waals surface area contributed by atoms with E-state index in [0.29, 0.717) is 18.4 Å². The molecular weight excluding hydrogens is 943 g/mol. The average Bonchev–Trinajstić information content (AvgIpc) is 3.08. The number of hydrogen-bond acceptors (Lipinski definition) is 7. The largest absolute Gasteiger partial charge is 1.00 e. The highest BCUT2D eigenvalue weighted by Crippen LogP contribution is 2.11. The van der Waals surface area contributed by atoms with Crippen molar-refractivity contribution in [3.8, 4) is 0 Å². The number of benzene rings is 2. The zero-order valence-corrected chi connectivity index (χ0v) is 37.2. The summed E-state index contributed by atoms with van der Waals surface area (Å²) in [5.74, 6) is 0. The quantitative estimate of drug-likeness (QED) is 0.0883. The van der Waals surface area contributed by atoms with Crippen LogP contribution in [-0.2, 0) is 0 Å². The molecule has 0 heterocycles. The van der Waals surface area contributed by atoms with Gasteiger partial charge in [0, 0.05) is 47.9 Å². The minimum atomic E-state index is -0.505. The molecule has 0 bridgehead atoms. The van der Waals surface area contributed by atoms with Crippen LogP contribution in [0.5, 0.6) is 0 Å². The van der Waals surface area contributed by atoms with Gasteiger partial charge in [-0.05, 0) is 70.2 Å². The lowest BCUT2D eigenvalue weighted by Crippen LogP contribution is -3.11. The van der Waals surface area contributed by atoms with Gasteiger partial charge in [-0.15, -0.1) is 23.2 Å². The summed E-state index contributed by atoms with van der Waals surface area (Å²) in [4.78, 5) is 37.8. The van der Waals surface area contributed by atoms with Crippen molar-refractivity contribution in [1.29, 1.82) is 0 Å². The summed E-state index contributed by atoms with van der Waals surface area (Å²) in [6.45, 7) is 22.3. The number of alkyl halides is 4. The summed E-state index contributed by atoms with van der Waals surface area (Å²) in [6.07, 6.45) is 2.34. The monoisotopic (exact) mass is 994 g/mol. The lowest BCUT2D eigenvalue weighted by atomic mass is 10.2. The fraction of sp³-hybridized carbons (Fsp3) is 0.548. The van der Waals surface area contributed by atoms with Gasteiger partial charge in [-0.2, -0.15) is 0 Å². The lowest BCUT2D eigenvalue weighted by molar-refractivity contribution is -0.894. The van der Waals surface area contributed by atoms with Gasteiger partial charge in [-0.1, -0.05) is 52.6 Å². The molecule has 0 aromatic heterocycles. The van der Waals surface area contributed by atoms with E-state index < -0.39 is 9.85 Å². The number of nitrogens with zero attached hydrogens (tertiary/aromatic N) is 4. The van der Waals surface area contributed by atoms with Crippen LogP contribution in [0.15, 0.2) is 53.5 Å². The lowest BCUT2D eigenvalue weighted by Gasteiger charge is -2.13. The van der Waals surface area contributed by atoms with E-state index in [9.17, 15) is 25.0 Å². The number of non-ortho nitro benzene ring substituents is 2. The molecule has 0 atom stereocenters. The van der Waals surface area contributed by atoms with Gasteiger partial charge in [0.25, 0.3) is 11.4 Å². The third-order valence-corrected chi connectivity index (χ3v) is 6.69. The number of aldehydes is 1. The zero-order valence-electron chi connectivity index (χ0n) is 29.4. The number of hydrogen-bond donors (Lipinski definition) is 2. The molecule has 0 aliphatic rings. The van der Waals surface area contributed by atoms with Gasteiger partial charge >= 0.3 is 0 Å². The van der Waals surface area contributed by atoms with Crippen molar-refractivity contribution in [3.05, 3.63) is 79.9 Å². The van der Waals surface area contributed by atoms with Crippen molar-refractivity contribution in [1.82, 2.24) is 4.90 Å². The van der Waals surface area contributed by atoms with E-state index in [1.165, 1.54) is 75.7 Å². The summed E-state index contributed by atoms with van der Waals surface area (Å²) in [7, 11) is 0. The SMILES string of the molecule is CCN(CC)CC.CC[NH+](CC)CC.ClCCl.O.O=Cc1ccc([N+](=O)[O-])cc1.O=[N+]([O-])c1ccc(C=NCCBr)cc1.[Br-].[Br-].[NH3+]CCBr. The average molecular weight is 999 g/mol. The Hall–Kier alpha value is -1.08. The molecule has 0 aliphatic carbocycles. The van der Waals surface area contributed by atoms with Gasteiger partial charge in [0.05, 0.1) is 46.7 Å². The Kier molecular flexibility index (Phi) is 63.0. The fourth-order valence-electron chi connectivity index (χ4n) is 3.00. The molecular formula is C31H56Br4Cl2N6O6. The van der Waals surface area contributed by atoms with Crippen molar-refractivity contribution in [2.45, 2.75) is 41.5 Å². The number of nitro groups is 2. The number of aliphatic imine (C=N–C) groups is 1. The molecule has 2 aromatic carbocycles. The zero-order chi connectivity index (χ0) is 36.2. The summed E-state index contributed by atoms with van der Waals surface area (Å²) in [5, 5.41) is 22.5. The molecule has 0 amide bonds. The number of quaternary nitrogens is 2. The molecule has 0 radical (unpaired) electrons. The predicted octanol–water partition coefficient (Wildman–Crippen LogP) is -0.677. The maximum atomic E-state index is 10.3. The van der Waals surface area contributed by atoms with Crippen molar-refractivity contribution >= 4 is 78.9 Å². The summed E-state index contributed by atoms with van der Waals surface area (Å²) in [5.41, 5.74) is 4.97. The number of nitro benzene ring substituents is 2. The molecule has 0 unspecified atom stereocenters. The molecule has 0 saturated heterocycles. The second-order valence-electron chi connectivity index (χ2n) is 8.61. The van der Waals surface area contributed by atoms with Crippen LogP contribution in [0.2, 0.25) is 0 Å². The molecule has 49 heavy (non-hydrogen) atoms. The first-order chi connectivity index (χ1) is 22.0. The van der Waals surface area contributed by atoms with Crippen LogP contribution in [0.25, 0.3) is 0 Å². The van der Waals surface area contributed by atoms with Gasteiger partial charge in [-0.25, -0.2) is 0 Å². The molecule has 0 spiro atoms. The van der Waals surface area contributed by atoms with E-state index in [-0.39, 0.29) is 56.2 Å². The number of carbonyl (C=O) groups is 1. The van der Waals surface area contributed by atoms with Gasteiger partial charge < -0.3 is 55.0 Å². The first-order valence-corrected chi connectivity index (χ1v) is 18.3. The summed E-state index contributed by atoms with van der Waals surface area (Å²) >= 11 is 16.0. The molecule has 2 rings (SSSR count). The highest BCUT2D eigenvalue weighted by atomic mass is 79.9. The highest BCUT2D eigenvalue weighted by Gasteiger charge is 2.03. The van der Waals surface area contributed by atoms with E-state index in [4.69, 9.17) is 23.2 Å². The Balaban J connectivity index is -0.0000000912. The number of nitrogens with one attached hydrogen (secondary N) is 1. The first-order valence-electron chi connectivity index (χ1n) is 15.0. The molecule has 288 valence electrons. The van der Waals surface area contributed by atoms with Crippen molar-refractivity contribution in [3.63, 3.8) is 0 Å². The van der Waals surface area contributed by atoms with Gasteiger partial charge in [0.15, 0.2) is 0 Å². The van der Waals surface area contributed by atoms with Crippen LogP contribution in [0, 0.1) is 20.2 Å². The van der Waals surface area contributed by atoms with Crippen LogP contribution in [0.4, 0.5) is 11.4 Å². The second kappa shape index (κ2) is 49.0. The van der Waals surface area contributed by atoms with Crippen molar-refractivity contribution in [2.24, 2.45) is 4.99 Å². The Morgan fingerprint density at radius 1 is 0.776 bits per heavy atom. The molecule has 0 saturated carbocycles. The number of carbonyl (C=O) groups excluding carboxylic acids is 1. The molecule has 12 nitrogen and oxygen atoms in total. The van der Waals surface area contributed by atoms with Crippen molar-refractivity contribution < 1.29 is 64.7 Å². The van der Waals surface area contributed by atoms with Crippen LogP contribution < -0.4 is 44.6 Å². The minimum Gasteiger partial charge on any atom is -1.00 e. The summed E-state index contributed by atoms with van der Waals surface area (Å²) < 4.78 is 0. The molecule has 18 heteroatoms.